The fraction of sp³-hybridized carbons (Fsp3) is 0.400. The van der Waals surface area contributed by atoms with Crippen molar-refractivity contribution in [1.29, 1.82) is 0 Å². The van der Waals surface area contributed by atoms with Gasteiger partial charge in [0, 0.05) is 15.3 Å². The molecule has 0 saturated heterocycles. The quantitative estimate of drug-likeness (QED) is 0.582. The number of sulfonamides is 1. The molecule has 7 nitrogen and oxygen atoms in total. The van der Waals surface area contributed by atoms with Gasteiger partial charge in [0.15, 0.2) is 11.5 Å². The Kier molecular flexibility index (Phi) is 4.53. The number of hydrogen-bond donors (Lipinski definition) is 2. The van der Waals surface area contributed by atoms with Gasteiger partial charge in [-0.1, -0.05) is 18.2 Å². The van der Waals surface area contributed by atoms with Gasteiger partial charge in [-0.25, -0.2) is 13.6 Å². The molecule has 2 aromatic rings. The normalized spacial score (nSPS) is 18.0. The minimum atomic E-state index is -4.32. The van der Waals surface area contributed by atoms with Crippen LogP contribution >= 0.6 is 0 Å². The van der Waals surface area contributed by atoms with Gasteiger partial charge in [-0.3, -0.25) is 0 Å². The third-order valence-corrected chi connectivity index (χ3v) is 4.45. The predicted molar refractivity (Wildman–Crippen MR) is 109 cm³/mol. The minimum Gasteiger partial charge on any atom is -0.495 e. The molecule has 8 heteroatoms. The van der Waals surface area contributed by atoms with Gasteiger partial charge < -0.3 is 19.5 Å². The van der Waals surface area contributed by atoms with Crippen LogP contribution in [0.15, 0.2) is 47.3 Å². The first-order valence-electron chi connectivity index (χ1n) is 12.8. The molecular formula is C20H28N2O5S. The molecule has 28 heavy (non-hydrogen) atoms. The van der Waals surface area contributed by atoms with Gasteiger partial charge in [0.05, 0.1) is 23.2 Å². The van der Waals surface area contributed by atoms with Crippen molar-refractivity contribution in [2.45, 2.75) is 31.2 Å². The van der Waals surface area contributed by atoms with Gasteiger partial charge in [0.2, 0.25) is 10.0 Å². The van der Waals surface area contributed by atoms with Crippen LogP contribution in [0.3, 0.4) is 0 Å². The fourth-order valence-electron chi connectivity index (χ4n) is 2.35. The summed E-state index contributed by atoms with van der Waals surface area (Å²) in [6, 6.07) is 1.11. The second-order valence-electron chi connectivity index (χ2n) is 5.73. The number of para-hydroxylation sites is 2. The molecule has 0 unspecified atom stereocenters. The van der Waals surface area contributed by atoms with E-state index < -0.39 is 71.0 Å². The molecule has 154 valence electrons. The van der Waals surface area contributed by atoms with Crippen molar-refractivity contribution in [2.75, 3.05) is 26.7 Å². The van der Waals surface area contributed by atoms with E-state index in [1.807, 2.05) is 0 Å². The molecule has 0 heterocycles. The maximum absolute atomic E-state index is 12.0. The fourth-order valence-corrected chi connectivity index (χ4v) is 3.06. The zero-order chi connectivity index (χ0) is 28.3. The maximum Gasteiger partial charge on any atom is 0.241 e. The van der Waals surface area contributed by atoms with Crippen molar-refractivity contribution < 1.29 is 35.0 Å². The lowest BCUT2D eigenvalue weighted by Gasteiger charge is -2.16. The summed E-state index contributed by atoms with van der Waals surface area (Å²) in [5, 5.41) is 7.87. The molecule has 0 amide bonds. The molecule has 0 bridgehead atoms. The molecule has 1 atom stereocenters. The maximum atomic E-state index is 12.0. The first-order valence-corrected chi connectivity index (χ1v) is 9.89. The van der Waals surface area contributed by atoms with E-state index in [4.69, 9.17) is 31.7 Å². The van der Waals surface area contributed by atoms with Crippen LogP contribution in [0.5, 0.6) is 17.2 Å². The third-order valence-electron chi connectivity index (χ3n) is 3.51. The highest BCUT2D eigenvalue weighted by atomic mass is 32.2. The van der Waals surface area contributed by atoms with Gasteiger partial charge in [0.25, 0.3) is 0 Å². The highest BCUT2D eigenvalue weighted by Crippen LogP contribution is 2.26. The summed E-state index contributed by atoms with van der Waals surface area (Å²) in [7, 11) is -7.22. The predicted octanol–water partition coefficient (Wildman–Crippen LogP) is 2.34. The molecule has 0 radical (unpaired) electrons. The van der Waals surface area contributed by atoms with Gasteiger partial charge in [-0.2, -0.15) is 0 Å². The largest absolute Gasteiger partial charge is 0.495 e. The van der Waals surface area contributed by atoms with Crippen molar-refractivity contribution in [1.82, 2.24) is 5.32 Å². The first kappa shape index (κ1) is 12.3. The highest BCUT2D eigenvalue weighted by Gasteiger charge is 2.16. The zero-order valence-corrected chi connectivity index (χ0v) is 16.3. The molecule has 0 aliphatic rings. The molecule has 2 aromatic carbocycles. The molecule has 0 fully saturated rings. The second-order valence-corrected chi connectivity index (χ2v) is 7.26. The van der Waals surface area contributed by atoms with E-state index in [2.05, 4.69) is 5.32 Å². The van der Waals surface area contributed by atoms with Gasteiger partial charge in [-0.05, 0) is 50.0 Å². The first-order chi connectivity index (χ1) is 16.9. The lowest BCUT2D eigenvalue weighted by atomic mass is 10.1. The van der Waals surface area contributed by atoms with Crippen molar-refractivity contribution in [3.8, 4) is 17.2 Å². The Hall–Kier alpha value is -2.29. The average Bonchev–Trinajstić information content (AvgIpc) is 2.74. The van der Waals surface area contributed by atoms with Gasteiger partial charge in [0.1, 0.15) is 17.3 Å². The average molecular weight is 418 g/mol. The number of ether oxygens (including phenoxy) is 3. The van der Waals surface area contributed by atoms with Gasteiger partial charge >= 0.3 is 0 Å². The Morgan fingerprint density at radius 2 is 1.96 bits per heavy atom. The summed E-state index contributed by atoms with van der Waals surface area (Å²) in [5.41, 5.74) is 0.398. The van der Waals surface area contributed by atoms with Crippen LogP contribution < -0.4 is 24.7 Å². The van der Waals surface area contributed by atoms with E-state index in [-0.39, 0.29) is 24.5 Å². The molecule has 2 rings (SSSR count). The van der Waals surface area contributed by atoms with E-state index in [0.29, 0.717) is 5.56 Å². The summed E-state index contributed by atoms with van der Waals surface area (Å²) in [6.07, 6.45) is 0.102. The summed E-state index contributed by atoms with van der Waals surface area (Å²) in [4.78, 5) is -0.527. The molecule has 0 aliphatic carbocycles. The Balaban J connectivity index is 2.19. The standard InChI is InChI=1S/C20H28N2O5S/c1-4-26-17-7-5-6-8-18(17)27-12-11-22-15(2)13-16-9-10-19(25-3)20(14-16)28(21,23)24/h5-10,14-15,22H,4,11-13H2,1-3H3,(H2,21,23,24)/t15-/m1/s1/i3D3,5D,6D,7D,8D,11D2. The van der Waals surface area contributed by atoms with Crippen molar-refractivity contribution in [3.05, 3.63) is 47.9 Å². The van der Waals surface area contributed by atoms with Crippen LogP contribution in [0.25, 0.3) is 0 Å². The van der Waals surface area contributed by atoms with Crippen LogP contribution in [0.1, 0.15) is 31.7 Å². The van der Waals surface area contributed by atoms with Crippen LogP contribution in [0, 0.1) is 0 Å². The Bertz CT molecular complexity index is 1240. The van der Waals surface area contributed by atoms with Crippen LogP contribution in [0.2, 0.25) is 0 Å². The second kappa shape index (κ2) is 10.3. The van der Waals surface area contributed by atoms with Crippen molar-refractivity contribution in [3.63, 3.8) is 0 Å². The number of methoxy groups -OCH3 is 1. The Morgan fingerprint density at radius 1 is 1.25 bits per heavy atom. The number of nitrogens with two attached hydrogens (primary N) is 1. The zero-order valence-electron chi connectivity index (χ0n) is 24.5. The summed E-state index contributed by atoms with van der Waals surface area (Å²) in [6.45, 7) is 0.495. The van der Waals surface area contributed by atoms with E-state index in [1.54, 1.807) is 13.8 Å². The number of benzene rings is 2. The number of hydrogen-bond acceptors (Lipinski definition) is 6. The summed E-state index contributed by atoms with van der Waals surface area (Å²) >= 11 is 0. The van der Waals surface area contributed by atoms with E-state index in [9.17, 15) is 8.42 Å². The molecule has 0 aromatic heterocycles. The summed E-state index contributed by atoms with van der Waals surface area (Å²) in [5.74, 6) is -0.992. The van der Waals surface area contributed by atoms with E-state index >= 15 is 0 Å². The lowest BCUT2D eigenvalue weighted by molar-refractivity contribution is 0.272. The van der Waals surface area contributed by atoms with Crippen molar-refractivity contribution in [2.24, 2.45) is 5.14 Å². The molecule has 0 saturated carbocycles. The van der Waals surface area contributed by atoms with Crippen LogP contribution in [-0.2, 0) is 16.4 Å². The Labute approximate surface area is 179 Å². The topological polar surface area (TPSA) is 99.9 Å². The van der Waals surface area contributed by atoms with E-state index in [1.165, 1.54) is 6.07 Å². The highest BCUT2D eigenvalue weighted by molar-refractivity contribution is 7.89. The van der Waals surface area contributed by atoms with Crippen molar-refractivity contribution >= 4 is 10.0 Å². The molecule has 0 aliphatic heterocycles. The smallest absolute Gasteiger partial charge is 0.241 e. The molecular weight excluding hydrogens is 380 g/mol. The SMILES string of the molecule is [2H]c1c([2H])c([2H])c(OCC([2H])([2H])N[C@H](C)Cc2ccc(OC([2H])([2H])[2H])c(S(N)(=O)=O)c2)c(OCC)c1[2H]. The minimum absolute atomic E-state index is 0.0946. The molecule has 0 spiro atoms. The lowest BCUT2D eigenvalue weighted by Crippen LogP contribution is -2.32. The number of primary sulfonamides is 1. The Morgan fingerprint density at radius 3 is 2.61 bits per heavy atom. The van der Waals surface area contributed by atoms with Crippen LogP contribution in [0.4, 0.5) is 0 Å². The van der Waals surface area contributed by atoms with Gasteiger partial charge in [-0.15, -0.1) is 0 Å². The molecule has 3 N–H and O–H groups in total. The van der Waals surface area contributed by atoms with Crippen LogP contribution in [-0.4, -0.2) is 41.2 Å². The monoisotopic (exact) mass is 417 g/mol. The third kappa shape index (κ3) is 6.40. The van der Waals surface area contributed by atoms with E-state index in [0.717, 1.165) is 12.1 Å². The number of nitrogens with one attached hydrogen (secondary N) is 1. The summed E-state index contributed by atoms with van der Waals surface area (Å²) < 4.78 is 109. The number of rotatable bonds is 11.